The van der Waals surface area contributed by atoms with Crippen molar-refractivity contribution < 1.29 is 0 Å². The van der Waals surface area contributed by atoms with Crippen LogP contribution in [-0.4, -0.2) is 6.04 Å². The minimum atomic E-state index is 0.208. The smallest absolute Gasteiger partial charge is 0.0931 e. The Bertz CT molecular complexity index is 535. The first-order valence-electron chi connectivity index (χ1n) is 5.81. The molecule has 0 saturated carbocycles. The van der Waals surface area contributed by atoms with Crippen LogP contribution in [0.2, 0.25) is 4.34 Å². The van der Waals surface area contributed by atoms with Crippen LogP contribution in [0.4, 0.5) is 0 Å². The Morgan fingerprint density at radius 1 is 1.29 bits per heavy atom. The average molecular weight is 264 g/mol. The normalized spacial score (nSPS) is 19.5. The van der Waals surface area contributed by atoms with Gasteiger partial charge in [0, 0.05) is 16.8 Å². The molecular formula is C14H14ClNS. The number of hydrogen-bond donors (Lipinski definition) is 1. The summed E-state index contributed by atoms with van der Waals surface area (Å²) in [6, 6.07) is 12.8. The third-order valence-corrected chi connectivity index (χ3v) is 4.73. The number of nitrogens with two attached hydrogens (primary N) is 1. The molecule has 0 fully saturated rings. The zero-order valence-corrected chi connectivity index (χ0v) is 11.0. The molecule has 17 heavy (non-hydrogen) atoms. The molecular weight excluding hydrogens is 250 g/mol. The molecule has 1 aromatic carbocycles. The lowest BCUT2D eigenvalue weighted by atomic mass is 9.73. The second kappa shape index (κ2) is 4.45. The standard InChI is InChI=1S/C14H14ClNS/c15-14-6-5-10(17-14)8-13(16)12-7-9-3-1-2-4-11(9)12/h1-6,12-13H,7-8,16H2. The highest BCUT2D eigenvalue weighted by atomic mass is 35.5. The summed E-state index contributed by atoms with van der Waals surface area (Å²) in [6.07, 6.45) is 2.05. The summed E-state index contributed by atoms with van der Waals surface area (Å²) in [5, 5.41) is 0. The van der Waals surface area contributed by atoms with Crippen LogP contribution in [0.3, 0.4) is 0 Å². The monoisotopic (exact) mass is 263 g/mol. The van der Waals surface area contributed by atoms with E-state index in [0.717, 1.165) is 17.2 Å². The third kappa shape index (κ3) is 2.13. The number of hydrogen-bond acceptors (Lipinski definition) is 2. The highest BCUT2D eigenvalue weighted by Crippen LogP contribution is 2.38. The van der Waals surface area contributed by atoms with Gasteiger partial charge < -0.3 is 5.73 Å². The molecule has 0 aliphatic heterocycles. The van der Waals surface area contributed by atoms with Crippen LogP contribution in [0.25, 0.3) is 0 Å². The van der Waals surface area contributed by atoms with Gasteiger partial charge >= 0.3 is 0 Å². The van der Waals surface area contributed by atoms with Gasteiger partial charge in [0.25, 0.3) is 0 Å². The lowest BCUT2D eigenvalue weighted by molar-refractivity contribution is 0.483. The molecule has 1 nitrogen and oxygen atoms in total. The van der Waals surface area contributed by atoms with E-state index in [1.54, 1.807) is 11.3 Å². The number of rotatable bonds is 3. The van der Waals surface area contributed by atoms with Gasteiger partial charge in [0.15, 0.2) is 0 Å². The fourth-order valence-electron chi connectivity index (χ4n) is 2.52. The number of thiophene rings is 1. The molecule has 0 radical (unpaired) electrons. The van der Waals surface area contributed by atoms with Crippen LogP contribution in [0.1, 0.15) is 21.9 Å². The van der Waals surface area contributed by atoms with Crippen LogP contribution in [0.15, 0.2) is 36.4 Å². The van der Waals surface area contributed by atoms with Gasteiger partial charge in [-0.3, -0.25) is 0 Å². The lowest BCUT2D eigenvalue weighted by Crippen LogP contribution is -2.37. The Balaban J connectivity index is 1.71. The fraction of sp³-hybridized carbons (Fsp3) is 0.286. The molecule has 3 heteroatoms. The number of halogens is 1. The lowest BCUT2D eigenvalue weighted by Gasteiger charge is -2.34. The van der Waals surface area contributed by atoms with Crippen LogP contribution >= 0.6 is 22.9 Å². The van der Waals surface area contributed by atoms with Crippen LogP contribution in [0, 0.1) is 0 Å². The summed E-state index contributed by atoms with van der Waals surface area (Å²) in [5.74, 6) is 0.520. The first-order chi connectivity index (χ1) is 8.24. The number of fused-ring (bicyclic) bond motifs is 1. The molecule has 0 saturated heterocycles. The van der Waals surface area contributed by atoms with E-state index < -0.39 is 0 Å². The first kappa shape index (κ1) is 11.3. The van der Waals surface area contributed by atoms with Gasteiger partial charge in [-0.05, 0) is 36.1 Å². The maximum Gasteiger partial charge on any atom is 0.0931 e. The largest absolute Gasteiger partial charge is 0.327 e. The van der Waals surface area contributed by atoms with Crippen molar-refractivity contribution in [2.75, 3.05) is 0 Å². The molecule has 3 rings (SSSR count). The van der Waals surface area contributed by atoms with Crippen molar-refractivity contribution in [1.29, 1.82) is 0 Å². The van der Waals surface area contributed by atoms with Crippen molar-refractivity contribution in [3.8, 4) is 0 Å². The Labute approximate surface area is 110 Å². The van der Waals surface area contributed by atoms with Crippen molar-refractivity contribution in [2.24, 2.45) is 5.73 Å². The van der Waals surface area contributed by atoms with Crippen molar-refractivity contribution in [3.63, 3.8) is 0 Å². The van der Waals surface area contributed by atoms with Crippen molar-refractivity contribution in [1.82, 2.24) is 0 Å². The van der Waals surface area contributed by atoms with Crippen molar-refractivity contribution in [3.05, 3.63) is 56.7 Å². The van der Waals surface area contributed by atoms with Gasteiger partial charge in [0.2, 0.25) is 0 Å². The Morgan fingerprint density at radius 3 is 2.82 bits per heavy atom. The van der Waals surface area contributed by atoms with E-state index >= 15 is 0 Å². The minimum Gasteiger partial charge on any atom is -0.327 e. The molecule has 0 spiro atoms. The quantitative estimate of drug-likeness (QED) is 0.900. The molecule has 1 aliphatic carbocycles. The van der Waals surface area contributed by atoms with E-state index in [4.69, 9.17) is 17.3 Å². The SMILES string of the molecule is NC(Cc1ccc(Cl)s1)C1Cc2ccccc21. The molecule has 1 aromatic heterocycles. The summed E-state index contributed by atoms with van der Waals surface area (Å²) >= 11 is 7.56. The van der Waals surface area contributed by atoms with Gasteiger partial charge in [-0.1, -0.05) is 35.9 Å². The zero-order valence-electron chi connectivity index (χ0n) is 9.40. The molecule has 2 atom stereocenters. The second-order valence-electron chi connectivity index (χ2n) is 4.58. The zero-order chi connectivity index (χ0) is 11.8. The molecule has 2 aromatic rings. The predicted molar refractivity (Wildman–Crippen MR) is 73.9 cm³/mol. The van der Waals surface area contributed by atoms with Crippen molar-refractivity contribution >= 4 is 22.9 Å². The van der Waals surface area contributed by atoms with Gasteiger partial charge in [-0.25, -0.2) is 0 Å². The molecule has 1 heterocycles. The number of benzene rings is 1. The molecule has 2 N–H and O–H groups in total. The summed E-state index contributed by atoms with van der Waals surface area (Å²) in [5.41, 5.74) is 9.19. The topological polar surface area (TPSA) is 26.0 Å². The third-order valence-electron chi connectivity index (χ3n) is 3.48. The summed E-state index contributed by atoms with van der Waals surface area (Å²) in [4.78, 5) is 1.28. The Morgan fingerprint density at radius 2 is 2.12 bits per heavy atom. The van der Waals surface area contributed by atoms with E-state index in [1.165, 1.54) is 16.0 Å². The molecule has 2 unspecified atom stereocenters. The van der Waals surface area contributed by atoms with Crippen LogP contribution in [0.5, 0.6) is 0 Å². The van der Waals surface area contributed by atoms with E-state index in [1.807, 2.05) is 6.07 Å². The maximum atomic E-state index is 6.30. The van der Waals surface area contributed by atoms with E-state index in [2.05, 4.69) is 30.3 Å². The highest BCUT2D eigenvalue weighted by Gasteiger charge is 2.30. The maximum absolute atomic E-state index is 6.30. The summed E-state index contributed by atoms with van der Waals surface area (Å²) in [7, 11) is 0. The Kier molecular flexibility index (Phi) is 2.95. The average Bonchev–Trinajstić information content (AvgIpc) is 2.66. The molecule has 0 bridgehead atoms. The second-order valence-corrected chi connectivity index (χ2v) is 6.38. The van der Waals surface area contributed by atoms with E-state index in [9.17, 15) is 0 Å². The van der Waals surface area contributed by atoms with Crippen LogP contribution in [-0.2, 0) is 12.8 Å². The first-order valence-corrected chi connectivity index (χ1v) is 7.01. The molecule has 0 amide bonds. The van der Waals surface area contributed by atoms with Crippen LogP contribution < -0.4 is 5.73 Å². The van der Waals surface area contributed by atoms with Gasteiger partial charge in [-0.15, -0.1) is 11.3 Å². The van der Waals surface area contributed by atoms with E-state index in [0.29, 0.717) is 5.92 Å². The summed E-state index contributed by atoms with van der Waals surface area (Å²) in [6.45, 7) is 0. The highest BCUT2D eigenvalue weighted by molar-refractivity contribution is 7.16. The van der Waals surface area contributed by atoms with Gasteiger partial charge in [0.05, 0.1) is 4.34 Å². The van der Waals surface area contributed by atoms with Crippen molar-refractivity contribution in [2.45, 2.75) is 24.8 Å². The molecule has 1 aliphatic rings. The summed E-state index contributed by atoms with van der Waals surface area (Å²) < 4.78 is 0.848. The Hall–Kier alpha value is -0.830. The van der Waals surface area contributed by atoms with Gasteiger partial charge in [-0.2, -0.15) is 0 Å². The predicted octanol–water partition coefficient (Wildman–Crippen LogP) is 3.61. The fourth-order valence-corrected chi connectivity index (χ4v) is 3.67. The van der Waals surface area contributed by atoms with E-state index in [-0.39, 0.29) is 6.04 Å². The molecule has 88 valence electrons. The van der Waals surface area contributed by atoms with Gasteiger partial charge in [0.1, 0.15) is 0 Å². The minimum absolute atomic E-state index is 0.208.